The summed E-state index contributed by atoms with van der Waals surface area (Å²) in [5.74, 6) is -1.00. The van der Waals surface area contributed by atoms with Crippen LogP contribution in [0.1, 0.15) is 25.7 Å². The Kier molecular flexibility index (Phi) is 7.88. The average Bonchev–Trinajstić information content (AvgIpc) is 2.41. The van der Waals surface area contributed by atoms with Crippen molar-refractivity contribution in [2.24, 2.45) is 0 Å². The Bertz CT molecular complexity index is 409. The van der Waals surface area contributed by atoms with Crippen LogP contribution in [-0.4, -0.2) is 31.6 Å². The second-order valence-corrected chi connectivity index (χ2v) is 4.89. The molecule has 0 aromatic heterocycles. The number of likely N-dealkylation sites (N-methyl/N-ethyl adjacent to an activating group) is 1. The van der Waals surface area contributed by atoms with E-state index in [1.54, 1.807) is 0 Å². The lowest BCUT2D eigenvalue weighted by molar-refractivity contribution is 0.285. The molecule has 4 heteroatoms. The van der Waals surface area contributed by atoms with Gasteiger partial charge >= 0.3 is 0 Å². The number of ether oxygens (including phenoxy) is 1. The van der Waals surface area contributed by atoms with Crippen LogP contribution in [0.15, 0.2) is 30.9 Å². The molecule has 1 aromatic carbocycles. The van der Waals surface area contributed by atoms with Crippen LogP contribution in [0.25, 0.3) is 0 Å². The maximum absolute atomic E-state index is 13.3. The van der Waals surface area contributed by atoms with Crippen molar-refractivity contribution in [2.45, 2.75) is 25.7 Å². The largest absolute Gasteiger partial charge is 0.490 e. The van der Waals surface area contributed by atoms with Crippen LogP contribution in [0.5, 0.6) is 5.75 Å². The number of nitrogens with zero attached hydrogens (tertiary/aromatic N) is 1. The molecule has 0 fully saturated rings. The number of halogens is 2. The van der Waals surface area contributed by atoms with Crippen LogP contribution in [0, 0.1) is 11.6 Å². The molecule has 0 aliphatic heterocycles. The molecule has 0 unspecified atom stereocenters. The van der Waals surface area contributed by atoms with Crippen LogP contribution in [-0.2, 0) is 0 Å². The lowest BCUT2D eigenvalue weighted by Gasteiger charge is -2.13. The molecular weight excluding hydrogens is 260 g/mol. The lowest BCUT2D eigenvalue weighted by Crippen LogP contribution is -2.19. The molecule has 0 aliphatic carbocycles. The summed E-state index contributed by atoms with van der Waals surface area (Å²) in [6.45, 7) is 6.07. The van der Waals surface area contributed by atoms with E-state index in [0.29, 0.717) is 6.61 Å². The maximum atomic E-state index is 13.3. The maximum Gasteiger partial charge on any atom is 0.165 e. The summed E-state index contributed by atoms with van der Waals surface area (Å²) in [5.41, 5.74) is 0. The van der Waals surface area contributed by atoms with Gasteiger partial charge in [-0.3, -0.25) is 0 Å². The van der Waals surface area contributed by atoms with Gasteiger partial charge in [0.1, 0.15) is 5.82 Å². The summed E-state index contributed by atoms with van der Waals surface area (Å²) in [6.07, 6.45) is 6.00. The smallest absolute Gasteiger partial charge is 0.165 e. The third-order valence-corrected chi connectivity index (χ3v) is 3.03. The van der Waals surface area contributed by atoms with E-state index in [9.17, 15) is 8.78 Å². The van der Waals surface area contributed by atoms with Gasteiger partial charge in [-0.05, 0) is 38.6 Å². The number of unbranched alkanes of at least 4 members (excludes halogenated alkanes) is 3. The Morgan fingerprint density at radius 2 is 1.95 bits per heavy atom. The highest BCUT2D eigenvalue weighted by Gasteiger charge is 2.04. The highest BCUT2D eigenvalue weighted by molar-refractivity contribution is 5.24. The van der Waals surface area contributed by atoms with Crippen molar-refractivity contribution < 1.29 is 13.5 Å². The first-order valence-corrected chi connectivity index (χ1v) is 7.00. The Morgan fingerprint density at radius 1 is 1.20 bits per heavy atom. The van der Waals surface area contributed by atoms with Crippen molar-refractivity contribution >= 4 is 0 Å². The Balaban J connectivity index is 2.07. The van der Waals surface area contributed by atoms with Gasteiger partial charge in [0.05, 0.1) is 6.61 Å². The molecule has 0 N–H and O–H groups in total. The molecule has 2 nitrogen and oxygen atoms in total. The molecule has 20 heavy (non-hydrogen) atoms. The first-order chi connectivity index (χ1) is 9.63. The number of benzene rings is 1. The summed E-state index contributed by atoms with van der Waals surface area (Å²) in [6, 6.07) is 3.25. The lowest BCUT2D eigenvalue weighted by atomic mass is 10.2. The average molecular weight is 283 g/mol. The summed E-state index contributed by atoms with van der Waals surface area (Å²) in [4.78, 5) is 2.21. The highest BCUT2D eigenvalue weighted by atomic mass is 19.1. The van der Waals surface area contributed by atoms with Gasteiger partial charge in [-0.1, -0.05) is 18.9 Å². The third kappa shape index (κ3) is 6.66. The molecule has 0 atom stereocenters. The fourth-order valence-corrected chi connectivity index (χ4v) is 1.92. The topological polar surface area (TPSA) is 12.5 Å². The predicted octanol–water partition coefficient (Wildman–Crippen LogP) is 4.02. The Labute approximate surface area is 120 Å². The zero-order chi connectivity index (χ0) is 14.8. The minimum atomic E-state index is -0.516. The van der Waals surface area contributed by atoms with Gasteiger partial charge < -0.3 is 9.64 Å². The SMILES string of the molecule is C=CCN(C)CCCCCCOc1cc(F)ccc1F. The van der Waals surface area contributed by atoms with Gasteiger partial charge in [-0.2, -0.15) is 0 Å². The van der Waals surface area contributed by atoms with Gasteiger partial charge in [-0.25, -0.2) is 8.78 Å². The van der Waals surface area contributed by atoms with Crippen molar-refractivity contribution in [1.82, 2.24) is 4.90 Å². The fourth-order valence-electron chi connectivity index (χ4n) is 1.92. The summed E-state index contributed by atoms with van der Waals surface area (Å²) in [5, 5.41) is 0. The van der Waals surface area contributed by atoms with Crippen LogP contribution in [0.4, 0.5) is 8.78 Å². The molecule has 1 rings (SSSR count). The fraction of sp³-hybridized carbons (Fsp3) is 0.500. The van der Waals surface area contributed by atoms with E-state index in [-0.39, 0.29) is 5.75 Å². The van der Waals surface area contributed by atoms with Gasteiger partial charge in [0.2, 0.25) is 0 Å². The Hall–Kier alpha value is -1.42. The molecule has 0 saturated heterocycles. The summed E-state index contributed by atoms with van der Waals surface area (Å²) in [7, 11) is 2.07. The van der Waals surface area contributed by atoms with Crippen LogP contribution in [0.2, 0.25) is 0 Å². The zero-order valence-corrected chi connectivity index (χ0v) is 12.1. The molecule has 1 aromatic rings. The minimum Gasteiger partial charge on any atom is -0.490 e. The van der Waals surface area contributed by atoms with Crippen molar-refractivity contribution in [3.05, 3.63) is 42.5 Å². The summed E-state index contributed by atoms with van der Waals surface area (Å²) < 4.78 is 31.4. The van der Waals surface area contributed by atoms with Crippen LogP contribution in [0.3, 0.4) is 0 Å². The third-order valence-electron chi connectivity index (χ3n) is 3.03. The molecule has 0 heterocycles. The van der Waals surface area contributed by atoms with Gasteiger partial charge in [0.15, 0.2) is 11.6 Å². The van der Waals surface area contributed by atoms with Crippen molar-refractivity contribution in [2.75, 3.05) is 26.7 Å². The normalized spacial score (nSPS) is 10.8. The number of hydrogen-bond acceptors (Lipinski definition) is 2. The van der Waals surface area contributed by atoms with Gasteiger partial charge in [-0.15, -0.1) is 6.58 Å². The van der Waals surface area contributed by atoms with Crippen molar-refractivity contribution in [1.29, 1.82) is 0 Å². The second-order valence-electron chi connectivity index (χ2n) is 4.89. The van der Waals surface area contributed by atoms with E-state index in [1.807, 2.05) is 6.08 Å². The van der Waals surface area contributed by atoms with E-state index in [1.165, 1.54) is 0 Å². The van der Waals surface area contributed by atoms with E-state index in [4.69, 9.17) is 4.74 Å². The molecule has 0 spiro atoms. The minimum absolute atomic E-state index is 0.00397. The monoisotopic (exact) mass is 283 g/mol. The van der Waals surface area contributed by atoms with Crippen molar-refractivity contribution in [3.8, 4) is 5.75 Å². The zero-order valence-electron chi connectivity index (χ0n) is 12.1. The molecule has 112 valence electrons. The molecule has 0 aliphatic rings. The molecular formula is C16H23F2NO. The number of hydrogen-bond donors (Lipinski definition) is 0. The number of rotatable bonds is 10. The first kappa shape index (κ1) is 16.6. The van der Waals surface area contributed by atoms with Gasteiger partial charge in [0.25, 0.3) is 0 Å². The molecule has 0 bridgehead atoms. The first-order valence-electron chi connectivity index (χ1n) is 7.00. The summed E-state index contributed by atoms with van der Waals surface area (Å²) >= 11 is 0. The van der Waals surface area contributed by atoms with Crippen LogP contribution >= 0.6 is 0 Å². The van der Waals surface area contributed by atoms with Gasteiger partial charge in [0, 0.05) is 12.6 Å². The Morgan fingerprint density at radius 3 is 2.70 bits per heavy atom. The van der Waals surface area contributed by atoms with E-state index in [0.717, 1.165) is 57.0 Å². The quantitative estimate of drug-likeness (QED) is 0.475. The molecule has 0 saturated carbocycles. The van der Waals surface area contributed by atoms with E-state index >= 15 is 0 Å². The predicted molar refractivity (Wildman–Crippen MR) is 78.0 cm³/mol. The van der Waals surface area contributed by atoms with Crippen molar-refractivity contribution in [3.63, 3.8) is 0 Å². The van der Waals surface area contributed by atoms with Crippen LogP contribution < -0.4 is 4.74 Å². The standard InChI is InChI=1S/C16H23F2NO/c1-3-10-19(2)11-6-4-5-7-12-20-16-13-14(17)8-9-15(16)18/h3,8-9,13H,1,4-7,10-12H2,2H3. The van der Waals surface area contributed by atoms with E-state index in [2.05, 4.69) is 18.5 Å². The molecule has 0 radical (unpaired) electrons. The highest BCUT2D eigenvalue weighted by Crippen LogP contribution is 2.18. The second kappa shape index (κ2) is 9.48. The van der Waals surface area contributed by atoms with E-state index < -0.39 is 11.6 Å². The molecule has 0 amide bonds.